The molecule has 0 aromatic rings. The minimum Gasteiger partial charge on any atom is -0.457 e. The second kappa shape index (κ2) is 39.1. The van der Waals surface area contributed by atoms with E-state index in [1.54, 1.807) is 0 Å². The van der Waals surface area contributed by atoms with Crippen LogP contribution in [-0.4, -0.2) is 167 Å². The number of nitrogens with zero attached hydrogens (tertiary/aromatic N) is 6. The van der Waals surface area contributed by atoms with E-state index in [-0.39, 0.29) is 115 Å². The van der Waals surface area contributed by atoms with Gasteiger partial charge in [0.15, 0.2) is 120 Å². The van der Waals surface area contributed by atoms with Crippen molar-refractivity contribution in [1.29, 1.82) is 0 Å². The van der Waals surface area contributed by atoms with E-state index >= 15 is 0 Å². The monoisotopic (exact) mass is 2080 g/mol. The van der Waals surface area contributed by atoms with Crippen LogP contribution >= 0.6 is 0 Å². The number of sulfonamides is 12. The number of alkyl halides is 36. The van der Waals surface area contributed by atoms with Gasteiger partial charge in [-0.25, -0.2) is 101 Å². The predicted molar refractivity (Wildman–Crippen MR) is 229 cm³/mol. The van der Waals surface area contributed by atoms with Gasteiger partial charge < -0.3 is 57.6 Å². The molecule has 0 atom stereocenters. The molecule has 0 saturated heterocycles. The topological polar surface area (TPSA) is 692 Å². The average molecular weight is 2080 g/mol. The van der Waals surface area contributed by atoms with E-state index in [2.05, 4.69) is 0 Å². The molecule has 0 spiro atoms. The van der Waals surface area contributed by atoms with Crippen LogP contribution < -0.4 is 0 Å². The maximum Gasteiger partial charge on any atom is 3.00 e. The van der Waals surface area contributed by atoms with Gasteiger partial charge in [0, 0.05) is 0 Å². The zero-order valence-electron chi connectivity index (χ0n) is 41.5. The number of hydrogen-bond acceptors (Lipinski definition) is 24. The molecule has 0 heterocycles. The molecule has 0 aliphatic rings. The molecule has 0 fully saturated rings. The van der Waals surface area contributed by atoms with E-state index in [0.29, 0.717) is 0 Å². The average Bonchev–Trinajstić information content (AvgIpc) is 3.11. The third-order valence-electron chi connectivity index (χ3n) is 4.69. The van der Waals surface area contributed by atoms with Gasteiger partial charge in [-0.3, -0.25) is 0 Å². The third kappa shape index (κ3) is 41.1. The SMILES string of the molecule is O=S(=O)([N-]S(=O)(=O)C(F)(F)F)C(F)(F)F.O=S(=O)([N-]S(=O)(=O)C(F)(F)F)C(F)(F)F.O=S(=O)([N-]S(=O)(=O)C(F)(F)F)C(F)(F)F.O=S(=O)([N-]S(=O)(=O)C(F)(F)F)C(F)(F)F.O=S(=O)([N-]S(=O)(=O)C(F)(F)F)C(F)(F)F.O=S(=O)([N-]S(=O)(=O)C(F)(F)F)C(F)(F)F.[Nd+3].[Nd+3].[OH3+].[OH3+].[OH3+].[OH3+].[OH3+].[OH3+]. The first kappa shape index (κ1) is 130. The van der Waals surface area contributed by atoms with Crippen molar-refractivity contribution in [1.82, 2.24) is 0 Å². The van der Waals surface area contributed by atoms with Crippen LogP contribution in [0.1, 0.15) is 0 Å². The van der Waals surface area contributed by atoms with Gasteiger partial charge >= 0.3 is 148 Å². The van der Waals surface area contributed by atoms with Gasteiger partial charge in [-0.1, -0.05) is 0 Å². The molecule has 0 aromatic heterocycles. The first-order valence-electron chi connectivity index (χ1n) is 15.4. The summed E-state index contributed by atoms with van der Waals surface area (Å²) in [6.07, 6.45) is 0. The van der Waals surface area contributed by atoms with Gasteiger partial charge in [-0.05, 0) is 0 Å². The predicted octanol–water partition coefficient (Wildman–Crippen LogP) is 0.824. The van der Waals surface area contributed by atoms with Crippen LogP contribution in [0.25, 0.3) is 24.8 Å². The minimum atomic E-state index is -6.72. The smallest absolute Gasteiger partial charge is 0.457 e. The van der Waals surface area contributed by atoms with Crippen LogP contribution in [-0.2, 0) is 153 Å². The van der Waals surface area contributed by atoms with Crippen molar-refractivity contribution in [2.75, 3.05) is 0 Å². The second-order valence-electron chi connectivity index (χ2n) is 11.5. The summed E-state index contributed by atoms with van der Waals surface area (Å²) in [5.41, 5.74) is -74.4. The van der Waals surface area contributed by atoms with Crippen molar-refractivity contribution < 1.29 is 374 Å². The van der Waals surface area contributed by atoms with E-state index in [4.69, 9.17) is 0 Å². The maximum atomic E-state index is 11.4. The Balaban J connectivity index is -0.0000000708. The molecule has 0 aliphatic carbocycles. The Kier molecular flexibility index (Phi) is 51.8. The van der Waals surface area contributed by atoms with Crippen LogP contribution in [0.4, 0.5) is 158 Å². The van der Waals surface area contributed by atoms with E-state index in [1.807, 2.05) is 0 Å². The Bertz CT molecular complexity index is 3000. The van der Waals surface area contributed by atoms with E-state index < -0.39 is 186 Å². The summed E-state index contributed by atoms with van der Waals surface area (Å²) in [5, 5.41) is 0. The largest absolute Gasteiger partial charge is 3.00 e. The molecule has 36 nitrogen and oxygen atoms in total. The molecule has 0 saturated carbocycles. The summed E-state index contributed by atoms with van der Waals surface area (Å²) in [6.45, 7) is 0. The molecule has 98 heavy (non-hydrogen) atoms. The van der Waals surface area contributed by atoms with Crippen LogP contribution in [0, 0.1) is 81.7 Å². The van der Waals surface area contributed by atoms with Crippen molar-refractivity contribution in [2.45, 2.75) is 66.1 Å². The van der Waals surface area contributed by atoms with Gasteiger partial charge in [-0.2, -0.15) is 158 Å². The summed E-state index contributed by atoms with van der Waals surface area (Å²) in [6, 6.07) is 0. The molecule has 18 N–H and O–H groups in total. The molecule has 0 unspecified atom stereocenters. The zero-order chi connectivity index (χ0) is 76.2. The molecule has 0 aliphatic heterocycles. The summed E-state index contributed by atoms with van der Waals surface area (Å²) in [7, 11) is -80.7. The van der Waals surface area contributed by atoms with Crippen molar-refractivity contribution in [3.05, 3.63) is 24.8 Å². The molecular weight excluding hydrogens is 2070 g/mol. The third-order valence-corrected chi connectivity index (χ3v) is 21.1. The first-order valence-corrected chi connectivity index (χ1v) is 32.7. The van der Waals surface area contributed by atoms with E-state index in [1.165, 1.54) is 0 Å². The second-order valence-corrected chi connectivity index (χ2v) is 32.0. The number of hydrogen-bond donors (Lipinski definition) is 0. The fourth-order valence-electron chi connectivity index (χ4n) is 1.28. The molecule has 602 valence electrons. The standard InChI is InChI=1S/6C2F6NO4S2.2Nd.6H2O/c6*3-1(4,5)14(10,11)9-15(12,13)2(6,7)8;;;;;;;;/h;;;;;;;;6*1H2/q6*-1;2*+3;;;;;;/p+6. The van der Waals surface area contributed by atoms with Crippen LogP contribution in [0.3, 0.4) is 0 Å². The molecule has 0 aromatic carbocycles. The molecule has 86 heteroatoms. The summed E-state index contributed by atoms with van der Waals surface area (Å²) in [5.74, 6) is 0. The van der Waals surface area contributed by atoms with Crippen LogP contribution in [0.2, 0.25) is 0 Å². The summed E-state index contributed by atoms with van der Waals surface area (Å²) in [4.78, 5) is 0. The summed E-state index contributed by atoms with van der Waals surface area (Å²) >= 11 is 0. The fourth-order valence-corrected chi connectivity index (χ4v) is 11.5. The van der Waals surface area contributed by atoms with Crippen molar-refractivity contribution in [3.8, 4) is 0 Å². The summed E-state index contributed by atoms with van der Waals surface area (Å²) < 4.78 is 655. The van der Waals surface area contributed by atoms with Gasteiger partial charge in [0.2, 0.25) is 0 Å². The van der Waals surface area contributed by atoms with E-state index in [9.17, 15) is 259 Å². The van der Waals surface area contributed by atoms with Gasteiger partial charge in [0.25, 0.3) is 0 Å². The van der Waals surface area contributed by atoms with Crippen LogP contribution in [0.15, 0.2) is 0 Å². The molecule has 0 amide bonds. The molecule has 0 bridgehead atoms. The van der Waals surface area contributed by atoms with Gasteiger partial charge in [0.05, 0.1) is 0 Å². The van der Waals surface area contributed by atoms with Crippen molar-refractivity contribution in [2.24, 2.45) is 0 Å². The Morgan fingerprint density at radius 1 is 0.122 bits per heavy atom. The molecule has 2 radical (unpaired) electrons. The fraction of sp³-hybridized carbons (Fsp3) is 1.00. The van der Waals surface area contributed by atoms with Gasteiger partial charge in [-0.15, -0.1) is 0 Å². The number of rotatable bonds is 12. The normalized spacial score (nSPS) is 14.1. The Labute approximate surface area is 579 Å². The first-order chi connectivity index (χ1) is 37.2. The Hall–Kier alpha value is -0.899. The van der Waals surface area contributed by atoms with Gasteiger partial charge in [0.1, 0.15) is 0 Å². The molecule has 0 rings (SSSR count). The number of halogens is 36. The zero-order valence-corrected chi connectivity index (χ0v) is 57.7. The quantitative estimate of drug-likeness (QED) is 0.193. The maximum absolute atomic E-state index is 11.4. The van der Waals surface area contributed by atoms with Crippen LogP contribution in [0.5, 0.6) is 0 Å². The van der Waals surface area contributed by atoms with Crippen molar-refractivity contribution >= 4 is 120 Å². The molecular formula is C12H18F36N6Nd2O30S12+6. The minimum absolute atomic E-state index is 0. The van der Waals surface area contributed by atoms with E-state index in [0.717, 1.165) is 24.8 Å². The Morgan fingerprint density at radius 3 is 0.173 bits per heavy atom. The Morgan fingerprint density at radius 2 is 0.153 bits per heavy atom. The van der Waals surface area contributed by atoms with Crippen molar-refractivity contribution in [3.63, 3.8) is 0 Å².